The lowest BCUT2D eigenvalue weighted by Crippen LogP contribution is -2.28. The number of fused-ring (bicyclic) bond motifs is 1. The molecule has 0 saturated heterocycles. The van der Waals surface area contributed by atoms with Crippen molar-refractivity contribution in [3.63, 3.8) is 0 Å². The SMILES string of the molecule is Cc1cc(CC[C@@H](C)N2Cc3ccc(F)cc3C2)ccc1OCCO. The number of rotatable bonds is 7. The molecule has 3 rings (SSSR count). The molecule has 2 aromatic carbocycles. The quantitative estimate of drug-likeness (QED) is 0.829. The average molecular weight is 343 g/mol. The van der Waals surface area contributed by atoms with Crippen LogP contribution < -0.4 is 4.74 Å². The molecular formula is C21H26FNO2. The maximum absolute atomic E-state index is 13.4. The maximum Gasteiger partial charge on any atom is 0.123 e. The summed E-state index contributed by atoms with van der Waals surface area (Å²) in [4.78, 5) is 2.41. The van der Waals surface area contributed by atoms with Gasteiger partial charge in [-0.3, -0.25) is 4.90 Å². The molecule has 134 valence electrons. The van der Waals surface area contributed by atoms with Crippen LogP contribution in [0.25, 0.3) is 0 Å². The first-order chi connectivity index (χ1) is 12.1. The molecule has 0 spiro atoms. The van der Waals surface area contributed by atoms with Crippen molar-refractivity contribution in [2.45, 2.75) is 45.8 Å². The summed E-state index contributed by atoms with van der Waals surface area (Å²) in [7, 11) is 0. The number of hydrogen-bond donors (Lipinski definition) is 1. The van der Waals surface area contributed by atoms with E-state index in [1.807, 2.05) is 19.1 Å². The van der Waals surface area contributed by atoms with Crippen LogP contribution in [-0.4, -0.2) is 29.3 Å². The molecule has 1 aliphatic heterocycles. The van der Waals surface area contributed by atoms with Crippen molar-refractivity contribution in [3.05, 3.63) is 64.5 Å². The molecule has 1 aliphatic rings. The topological polar surface area (TPSA) is 32.7 Å². The molecular weight excluding hydrogens is 317 g/mol. The van der Waals surface area contributed by atoms with Crippen molar-refractivity contribution in [1.82, 2.24) is 4.90 Å². The van der Waals surface area contributed by atoms with Crippen LogP contribution in [0.1, 0.15) is 35.6 Å². The second-order valence-electron chi connectivity index (χ2n) is 6.88. The predicted molar refractivity (Wildman–Crippen MR) is 97.2 cm³/mol. The van der Waals surface area contributed by atoms with E-state index >= 15 is 0 Å². The number of benzene rings is 2. The van der Waals surface area contributed by atoms with E-state index in [1.54, 1.807) is 12.1 Å². The van der Waals surface area contributed by atoms with E-state index in [1.165, 1.54) is 11.1 Å². The lowest BCUT2D eigenvalue weighted by Gasteiger charge is -2.24. The molecule has 3 nitrogen and oxygen atoms in total. The molecule has 0 unspecified atom stereocenters. The molecule has 4 heteroatoms. The van der Waals surface area contributed by atoms with Crippen LogP contribution in [0.3, 0.4) is 0 Å². The fraction of sp³-hybridized carbons (Fsp3) is 0.429. The smallest absolute Gasteiger partial charge is 0.123 e. The highest BCUT2D eigenvalue weighted by molar-refractivity contribution is 5.36. The van der Waals surface area contributed by atoms with Crippen molar-refractivity contribution in [2.24, 2.45) is 0 Å². The Hall–Kier alpha value is -1.91. The zero-order valence-electron chi connectivity index (χ0n) is 15.0. The normalized spacial score (nSPS) is 15.2. The van der Waals surface area contributed by atoms with Crippen molar-refractivity contribution in [3.8, 4) is 5.75 Å². The Morgan fingerprint density at radius 2 is 1.96 bits per heavy atom. The molecule has 0 aromatic heterocycles. The third kappa shape index (κ3) is 4.39. The predicted octanol–water partition coefficient (Wildman–Crippen LogP) is 3.84. The van der Waals surface area contributed by atoms with Crippen LogP contribution in [0.5, 0.6) is 5.75 Å². The summed E-state index contributed by atoms with van der Waals surface area (Å²) in [6, 6.07) is 11.8. The van der Waals surface area contributed by atoms with E-state index in [4.69, 9.17) is 9.84 Å². The second-order valence-corrected chi connectivity index (χ2v) is 6.88. The summed E-state index contributed by atoms with van der Waals surface area (Å²) in [5.41, 5.74) is 4.76. The van der Waals surface area contributed by atoms with E-state index in [0.29, 0.717) is 12.6 Å². The summed E-state index contributed by atoms with van der Waals surface area (Å²) in [6.45, 7) is 6.37. The number of aliphatic hydroxyl groups is 1. The van der Waals surface area contributed by atoms with E-state index < -0.39 is 0 Å². The van der Waals surface area contributed by atoms with E-state index in [0.717, 1.165) is 42.8 Å². The highest BCUT2D eigenvalue weighted by Gasteiger charge is 2.23. The van der Waals surface area contributed by atoms with Gasteiger partial charge in [-0.15, -0.1) is 0 Å². The van der Waals surface area contributed by atoms with Crippen molar-refractivity contribution in [2.75, 3.05) is 13.2 Å². The van der Waals surface area contributed by atoms with Gasteiger partial charge in [-0.25, -0.2) is 4.39 Å². The molecule has 0 saturated carbocycles. The lowest BCUT2D eigenvalue weighted by molar-refractivity contribution is 0.200. The van der Waals surface area contributed by atoms with Crippen LogP contribution >= 0.6 is 0 Å². The van der Waals surface area contributed by atoms with Gasteiger partial charge in [-0.1, -0.05) is 18.2 Å². The Morgan fingerprint density at radius 3 is 2.72 bits per heavy atom. The van der Waals surface area contributed by atoms with Gasteiger partial charge in [0.2, 0.25) is 0 Å². The van der Waals surface area contributed by atoms with Crippen LogP contribution in [0, 0.1) is 12.7 Å². The number of aliphatic hydroxyl groups excluding tert-OH is 1. The Balaban J connectivity index is 1.54. The first kappa shape index (κ1) is 17.9. The van der Waals surface area contributed by atoms with E-state index in [-0.39, 0.29) is 12.4 Å². The van der Waals surface area contributed by atoms with Gasteiger partial charge >= 0.3 is 0 Å². The van der Waals surface area contributed by atoms with Gasteiger partial charge in [0, 0.05) is 19.1 Å². The van der Waals surface area contributed by atoms with E-state index in [2.05, 4.69) is 24.0 Å². The molecule has 0 bridgehead atoms. The standard InChI is InChI=1S/C21H26FNO2/c1-15-11-17(5-8-21(15)25-10-9-24)4-3-16(2)23-13-18-6-7-20(22)12-19(18)14-23/h5-8,11-12,16,24H,3-4,9-10,13-14H2,1-2H3/t16-/m1/s1. The second kappa shape index (κ2) is 7.98. The lowest BCUT2D eigenvalue weighted by atomic mass is 10.0. The molecule has 1 atom stereocenters. The van der Waals surface area contributed by atoms with Crippen LogP contribution in [0.2, 0.25) is 0 Å². The van der Waals surface area contributed by atoms with Gasteiger partial charge in [-0.2, -0.15) is 0 Å². The molecule has 1 N–H and O–H groups in total. The zero-order chi connectivity index (χ0) is 17.8. The minimum absolute atomic E-state index is 0.0286. The Morgan fingerprint density at radius 1 is 1.16 bits per heavy atom. The van der Waals surface area contributed by atoms with Gasteiger partial charge in [0.15, 0.2) is 0 Å². The maximum atomic E-state index is 13.4. The molecule has 2 aromatic rings. The fourth-order valence-electron chi connectivity index (χ4n) is 3.44. The van der Waals surface area contributed by atoms with Crippen LogP contribution in [-0.2, 0) is 19.5 Å². The highest BCUT2D eigenvalue weighted by Crippen LogP contribution is 2.27. The average Bonchev–Trinajstić information content (AvgIpc) is 3.02. The summed E-state index contributed by atoms with van der Waals surface area (Å²) < 4.78 is 18.9. The summed E-state index contributed by atoms with van der Waals surface area (Å²) in [5.74, 6) is 0.690. The van der Waals surface area contributed by atoms with Crippen LogP contribution in [0.4, 0.5) is 4.39 Å². The Bertz CT molecular complexity index is 732. The van der Waals surface area contributed by atoms with Gasteiger partial charge in [0.1, 0.15) is 18.2 Å². The molecule has 0 fully saturated rings. The van der Waals surface area contributed by atoms with Crippen LogP contribution in [0.15, 0.2) is 36.4 Å². The van der Waals surface area contributed by atoms with Gasteiger partial charge in [-0.05, 0) is 67.1 Å². The van der Waals surface area contributed by atoms with Crippen molar-refractivity contribution in [1.29, 1.82) is 0 Å². The minimum Gasteiger partial charge on any atom is -0.491 e. The zero-order valence-corrected chi connectivity index (χ0v) is 15.0. The molecule has 0 aliphatic carbocycles. The fourth-order valence-corrected chi connectivity index (χ4v) is 3.44. The number of hydrogen-bond acceptors (Lipinski definition) is 3. The monoisotopic (exact) mass is 343 g/mol. The summed E-state index contributed by atoms with van der Waals surface area (Å²) >= 11 is 0. The Labute approximate surface area is 149 Å². The van der Waals surface area contributed by atoms with Gasteiger partial charge in [0.25, 0.3) is 0 Å². The third-order valence-corrected chi connectivity index (χ3v) is 4.98. The first-order valence-electron chi connectivity index (χ1n) is 8.91. The largest absolute Gasteiger partial charge is 0.491 e. The molecule has 25 heavy (non-hydrogen) atoms. The minimum atomic E-state index is -0.146. The van der Waals surface area contributed by atoms with Gasteiger partial charge in [0.05, 0.1) is 6.61 Å². The molecule has 0 radical (unpaired) electrons. The number of nitrogens with zero attached hydrogens (tertiary/aromatic N) is 1. The third-order valence-electron chi connectivity index (χ3n) is 4.98. The van der Waals surface area contributed by atoms with E-state index in [9.17, 15) is 4.39 Å². The summed E-state index contributed by atoms with van der Waals surface area (Å²) in [6.07, 6.45) is 2.07. The summed E-state index contributed by atoms with van der Waals surface area (Å²) in [5, 5.41) is 8.85. The molecule has 1 heterocycles. The number of halogens is 1. The molecule has 0 amide bonds. The number of ether oxygens (including phenoxy) is 1. The Kier molecular flexibility index (Phi) is 5.71. The first-order valence-corrected chi connectivity index (χ1v) is 8.91. The van der Waals surface area contributed by atoms with Crippen molar-refractivity contribution < 1.29 is 14.2 Å². The number of aryl methyl sites for hydroxylation is 2. The van der Waals surface area contributed by atoms with Crippen molar-refractivity contribution >= 4 is 0 Å². The van der Waals surface area contributed by atoms with Gasteiger partial charge < -0.3 is 9.84 Å². The highest BCUT2D eigenvalue weighted by atomic mass is 19.1.